The molecule has 1 aliphatic carbocycles. The van der Waals surface area contributed by atoms with E-state index in [1.807, 2.05) is 13.0 Å². The number of aromatic nitrogens is 5. The number of halogens is 3. The van der Waals surface area contributed by atoms with Crippen molar-refractivity contribution in [2.75, 3.05) is 5.32 Å². The Hall–Kier alpha value is -3.91. The van der Waals surface area contributed by atoms with E-state index in [1.165, 1.54) is 17.7 Å². The molecule has 3 heterocycles. The van der Waals surface area contributed by atoms with Crippen LogP contribution in [0.2, 0.25) is 0 Å². The molecule has 0 spiro atoms. The zero-order chi connectivity index (χ0) is 27.6. The van der Waals surface area contributed by atoms with Gasteiger partial charge in [-0.15, -0.1) is 11.3 Å². The molecule has 1 aliphatic rings. The minimum Gasteiger partial charge on any atom is -0.383 e. The zero-order valence-corrected chi connectivity index (χ0v) is 21.5. The fourth-order valence-corrected chi connectivity index (χ4v) is 5.53. The second-order valence-corrected chi connectivity index (χ2v) is 10.4. The Morgan fingerprint density at radius 1 is 1.21 bits per heavy atom. The van der Waals surface area contributed by atoms with Crippen molar-refractivity contribution in [2.45, 2.75) is 50.9 Å². The van der Waals surface area contributed by atoms with Crippen LogP contribution >= 0.6 is 11.3 Å². The number of nitrogens with zero attached hydrogens (tertiary/aromatic N) is 5. The lowest BCUT2D eigenvalue weighted by molar-refractivity contribution is -0.141. The van der Waals surface area contributed by atoms with E-state index in [-0.39, 0.29) is 24.3 Å². The largest absolute Gasteiger partial charge is 0.433 e. The highest BCUT2D eigenvalue weighted by Crippen LogP contribution is 2.43. The first-order valence-electron chi connectivity index (χ1n) is 12.1. The Morgan fingerprint density at radius 3 is 2.72 bits per heavy atom. The summed E-state index contributed by atoms with van der Waals surface area (Å²) in [6.07, 6.45) is 1.11. The van der Waals surface area contributed by atoms with Gasteiger partial charge in [0.1, 0.15) is 16.3 Å². The molecule has 3 N–H and O–H groups in total. The molecule has 14 heteroatoms. The average Bonchev–Trinajstić information content (AvgIpc) is 3.60. The molecule has 39 heavy (non-hydrogen) atoms. The summed E-state index contributed by atoms with van der Waals surface area (Å²) in [5, 5.41) is 21.2. The van der Waals surface area contributed by atoms with Gasteiger partial charge in [-0.05, 0) is 61.9 Å². The van der Waals surface area contributed by atoms with Crippen molar-refractivity contribution in [1.82, 2.24) is 30.4 Å². The maximum Gasteiger partial charge on any atom is 0.433 e. The van der Waals surface area contributed by atoms with Gasteiger partial charge in [0.25, 0.3) is 0 Å². The number of hydrogen-bond acceptors (Lipinski definition) is 10. The fraction of sp³-hybridized carbons (Fsp3) is 0.360. The Kier molecular flexibility index (Phi) is 7.32. The lowest BCUT2D eigenvalue weighted by Crippen LogP contribution is -2.38. The quantitative estimate of drug-likeness (QED) is 0.293. The van der Waals surface area contributed by atoms with E-state index in [4.69, 9.17) is 0 Å². The molecule has 10 nitrogen and oxygen atoms in total. The third-order valence-corrected chi connectivity index (χ3v) is 7.72. The molecular weight excluding hydrogens is 535 g/mol. The minimum absolute atomic E-state index is 0.119. The number of amides is 1. The molecule has 0 atom stereocenters. The van der Waals surface area contributed by atoms with Crippen molar-refractivity contribution in [1.29, 1.82) is 0 Å². The van der Waals surface area contributed by atoms with Gasteiger partial charge < -0.3 is 20.3 Å². The van der Waals surface area contributed by atoms with Crippen LogP contribution in [0.25, 0.3) is 10.4 Å². The summed E-state index contributed by atoms with van der Waals surface area (Å²) in [7, 11) is 0. The van der Waals surface area contributed by atoms with Gasteiger partial charge in [-0.3, -0.25) is 4.79 Å². The standard InChI is InChI=1S/C25H24F3N7O3S/c1-14-8-16(10-17(9-14)33-23-29-7-4-19(34-23)25(26,27)28)18-11-31-22(39-18)24(37)5-2-15(3-6-24)21(36)30-12-20-32-13-38-35-20/h4,7-11,13,15,37H,2-3,5-6,12H2,1H3,(H,30,36)(H,29,33,34)/t15-,24+. The van der Waals surface area contributed by atoms with Crippen molar-refractivity contribution in [3.8, 4) is 10.4 Å². The predicted octanol–water partition coefficient (Wildman–Crippen LogP) is 4.75. The first-order valence-corrected chi connectivity index (χ1v) is 12.9. The summed E-state index contributed by atoms with van der Waals surface area (Å²) in [5.74, 6) is -0.132. The maximum absolute atomic E-state index is 13.0. The number of rotatable bonds is 7. The topological polar surface area (TPSA) is 139 Å². The summed E-state index contributed by atoms with van der Waals surface area (Å²) in [5.41, 5.74) is -0.0171. The normalized spacial score (nSPS) is 19.6. The number of thiazole rings is 1. The van der Waals surface area contributed by atoms with E-state index >= 15 is 0 Å². The Balaban J connectivity index is 1.25. The lowest BCUT2D eigenvalue weighted by atomic mass is 9.78. The number of benzene rings is 1. The van der Waals surface area contributed by atoms with E-state index < -0.39 is 17.5 Å². The zero-order valence-electron chi connectivity index (χ0n) is 20.7. The molecule has 0 saturated heterocycles. The van der Waals surface area contributed by atoms with Crippen LogP contribution in [-0.2, 0) is 23.1 Å². The summed E-state index contributed by atoms with van der Waals surface area (Å²) >= 11 is 1.34. The Morgan fingerprint density at radius 2 is 2.00 bits per heavy atom. The molecule has 3 aromatic heterocycles. The number of hydrogen-bond donors (Lipinski definition) is 3. The Labute approximate surface area is 224 Å². The SMILES string of the molecule is Cc1cc(Nc2nccc(C(F)(F)F)n2)cc(-c2cnc([C@]3(O)CC[C@@H](C(=O)NCc4ncon4)CC3)s2)c1. The first-order chi connectivity index (χ1) is 18.6. The van der Waals surface area contributed by atoms with Crippen LogP contribution in [0.1, 0.15) is 47.8 Å². The van der Waals surface area contributed by atoms with Crippen molar-refractivity contribution >= 4 is 28.9 Å². The van der Waals surface area contributed by atoms with Crippen LogP contribution in [0.15, 0.2) is 47.6 Å². The van der Waals surface area contributed by atoms with Gasteiger partial charge >= 0.3 is 6.18 Å². The third kappa shape index (κ3) is 6.23. The second-order valence-electron chi connectivity index (χ2n) is 9.38. The number of carbonyl (C=O) groups excluding carboxylic acids is 1. The van der Waals surface area contributed by atoms with E-state index in [0.29, 0.717) is 42.2 Å². The molecule has 1 fully saturated rings. The molecule has 5 rings (SSSR count). The van der Waals surface area contributed by atoms with Gasteiger partial charge in [0.05, 0.1) is 11.4 Å². The summed E-state index contributed by atoms with van der Waals surface area (Å²) in [6.45, 7) is 2.04. The molecular formula is C25H24F3N7O3S. The number of nitrogens with one attached hydrogen (secondary N) is 2. The van der Waals surface area contributed by atoms with Crippen molar-refractivity contribution < 1.29 is 27.6 Å². The minimum atomic E-state index is -4.57. The van der Waals surface area contributed by atoms with Crippen molar-refractivity contribution in [2.24, 2.45) is 5.92 Å². The monoisotopic (exact) mass is 559 g/mol. The Bertz CT molecular complexity index is 1450. The van der Waals surface area contributed by atoms with Crippen LogP contribution in [0.5, 0.6) is 0 Å². The van der Waals surface area contributed by atoms with Crippen LogP contribution in [0.4, 0.5) is 24.8 Å². The van der Waals surface area contributed by atoms with Gasteiger partial charge in [0.2, 0.25) is 18.2 Å². The predicted molar refractivity (Wildman–Crippen MR) is 135 cm³/mol. The molecule has 0 aliphatic heterocycles. The van der Waals surface area contributed by atoms with E-state index in [1.54, 1.807) is 18.3 Å². The fourth-order valence-electron chi connectivity index (χ4n) is 4.48. The number of aryl methyl sites for hydroxylation is 1. The van der Waals surface area contributed by atoms with Crippen LogP contribution in [0.3, 0.4) is 0 Å². The molecule has 0 radical (unpaired) electrons. The smallest absolute Gasteiger partial charge is 0.383 e. The average molecular weight is 560 g/mol. The highest BCUT2D eigenvalue weighted by atomic mass is 32.1. The molecule has 0 unspecified atom stereocenters. The molecule has 1 aromatic carbocycles. The van der Waals surface area contributed by atoms with Crippen LogP contribution < -0.4 is 10.6 Å². The third-order valence-electron chi connectivity index (χ3n) is 6.48. The first kappa shape index (κ1) is 26.7. The van der Waals surface area contributed by atoms with Crippen molar-refractivity contribution in [3.63, 3.8) is 0 Å². The van der Waals surface area contributed by atoms with Gasteiger partial charge in [0.15, 0.2) is 5.82 Å². The molecule has 0 bridgehead atoms. The number of carbonyl (C=O) groups is 1. The highest BCUT2D eigenvalue weighted by molar-refractivity contribution is 7.15. The van der Waals surface area contributed by atoms with Crippen molar-refractivity contribution in [3.05, 3.63) is 65.1 Å². The van der Waals surface area contributed by atoms with Gasteiger partial charge in [0, 0.05) is 24.0 Å². The van der Waals surface area contributed by atoms with E-state index in [0.717, 1.165) is 28.3 Å². The van der Waals surface area contributed by atoms with Crippen LogP contribution in [-0.4, -0.2) is 36.1 Å². The molecule has 1 amide bonds. The number of anilines is 2. The maximum atomic E-state index is 13.0. The summed E-state index contributed by atoms with van der Waals surface area (Å²) in [4.78, 5) is 29.1. The summed E-state index contributed by atoms with van der Waals surface area (Å²) < 4.78 is 43.7. The van der Waals surface area contributed by atoms with E-state index in [2.05, 4.69) is 40.2 Å². The summed E-state index contributed by atoms with van der Waals surface area (Å²) in [6, 6.07) is 6.27. The molecule has 1 saturated carbocycles. The number of aliphatic hydroxyl groups is 1. The lowest BCUT2D eigenvalue weighted by Gasteiger charge is -2.33. The molecule has 4 aromatic rings. The van der Waals surface area contributed by atoms with Crippen LogP contribution in [0, 0.1) is 12.8 Å². The van der Waals surface area contributed by atoms with Gasteiger partial charge in [-0.25, -0.2) is 15.0 Å². The van der Waals surface area contributed by atoms with E-state index in [9.17, 15) is 23.1 Å². The van der Waals surface area contributed by atoms with Gasteiger partial charge in [-0.1, -0.05) is 11.2 Å². The van der Waals surface area contributed by atoms with Gasteiger partial charge in [-0.2, -0.15) is 18.2 Å². The number of alkyl halides is 3. The second kappa shape index (κ2) is 10.7. The highest BCUT2D eigenvalue weighted by Gasteiger charge is 2.39. The molecule has 204 valence electrons.